The van der Waals surface area contributed by atoms with Gasteiger partial charge in [0.05, 0.1) is 0 Å². The van der Waals surface area contributed by atoms with Gasteiger partial charge in [-0.25, -0.2) is 0 Å². The van der Waals surface area contributed by atoms with Crippen molar-refractivity contribution >= 4 is 23.4 Å². The molecular formula is C22H25F3N2O3S. The molecule has 1 saturated carbocycles. The van der Waals surface area contributed by atoms with Crippen molar-refractivity contribution in [2.24, 2.45) is 0 Å². The Hall–Kier alpha value is -2.39. The third-order valence-corrected chi connectivity index (χ3v) is 6.04. The Bertz CT molecular complexity index is 962. The number of aryl methyl sites for hydroxylation is 2. The van der Waals surface area contributed by atoms with E-state index in [2.05, 4.69) is 15.4 Å². The van der Waals surface area contributed by atoms with Crippen molar-refractivity contribution in [2.75, 3.05) is 17.3 Å². The summed E-state index contributed by atoms with van der Waals surface area (Å²) >= 11 is 1.67. The van der Waals surface area contributed by atoms with Crippen LogP contribution in [0.5, 0.6) is 5.75 Å². The van der Waals surface area contributed by atoms with Crippen LogP contribution in [0.25, 0.3) is 0 Å². The lowest BCUT2D eigenvalue weighted by Gasteiger charge is -2.22. The van der Waals surface area contributed by atoms with Gasteiger partial charge in [0.15, 0.2) is 6.23 Å². The van der Waals surface area contributed by atoms with E-state index < -0.39 is 12.6 Å². The van der Waals surface area contributed by atoms with Crippen molar-refractivity contribution < 1.29 is 27.8 Å². The Morgan fingerprint density at radius 1 is 1.23 bits per heavy atom. The molecule has 1 amide bonds. The highest BCUT2D eigenvalue weighted by molar-refractivity contribution is 7.98. The predicted octanol–water partition coefficient (Wildman–Crippen LogP) is 4.93. The first kappa shape index (κ1) is 23.3. The Kier molecular flexibility index (Phi) is 6.76. The van der Waals surface area contributed by atoms with Crippen LogP contribution in [-0.4, -0.2) is 34.9 Å². The summed E-state index contributed by atoms with van der Waals surface area (Å²) in [6.45, 7) is 3.40. The number of carbonyl (C=O) groups excluding carboxylic acids is 1. The maximum absolute atomic E-state index is 13.0. The van der Waals surface area contributed by atoms with Crippen molar-refractivity contribution in [3.05, 3.63) is 58.7 Å². The van der Waals surface area contributed by atoms with Crippen molar-refractivity contribution in [1.29, 1.82) is 0 Å². The lowest BCUT2D eigenvalue weighted by atomic mass is 9.99. The number of thioether (sulfide) groups is 1. The van der Waals surface area contributed by atoms with E-state index in [0.717, 1.165) is 24.2 Å². The van der Waals surface area contributed by atoms with Crippen LogP contribution < -0.4 is 15.4 Å². The second-order valence-corrected chi connectivity index (χ2v) is 8.64. The molecule has 9 heteroatoms. The molecule has 1 aliphatic rings. The minimum Gasteiger partial charge on any atom is -0.406 e. The van der Waals surface area contributed by atoms with Gasteiger partial charge < -0.3 is 20.5 Å². The van der Waals surface area contributed by atoms with Gasteiger partial charge in [0.2, 0.25) is 0 Å². The van der Waals surface area contributed by atoms with Gasteiger partial charge in [-0.05, 0) is 62.3 Å². The standard InChI is InChI=1S/C22H25F3N2O3S/c1-13-5-4-6-16(18(13)20(29)27-21(9-10-21)12-31-3)19(28)26-17-8-7-15(11-14(17)2)30-22(23,24)25/h4-8,11,19,26,28H,9-10,12H2,1-3H3,(H,27,29). The van der Waals surface area contributed by atoms with Gasteiger partial charge in [0.1, 0.15) is 5.75 Å². The van der Waals surface area contributed by atoms with E-state index in [1.54, 1.807) is 43.8 Å². The zero-order valence-corrected chi connectivity index (χ0v) is 18.3. The molecule has 5 nitrogen and oxygen atoms in total. The molecule has 3 N–H and O–H groups in total. The molecule has 1 fully saturated rings. The Labute approximate surface area is 183 Å². The number of anilines is 1. The van der Waals surface area contributed by atoms with Crippen LogP contribution in [0.2, 0.25) is 0 Å². The molecule has 3 rings (SSSR count). The number of hydrogen-bond donors (Lipinski definition) is 3. The van der Waals surface area contributed by atoms with Crippen molar-refractivity contribution in [3.63, 3.8) is 0 Å². The summed E-state index contributed by atoms with van der Waals surface area (Å²) in [6, 6.07) is 8.99. The molecule has 1 unspecified atom stereocenters. The molecule has 31 heavy (non-hydrogen) atoms. The summed E-state index contributed by atoms with van der Waals surface area (Å²) in [5.74, 6) is 0.238. The number of rotatable bonds is 8. The predicted molar refractivity (Wildman–Crippen MR) is 115 cm³/mol. The second-order valence-electron chi connectivity index (χ2n) is 7.78. The molecule has 1 aliphatic carbocycles. The van der Waals surface area contributed by atoms with Gasteiger partial charge in [-0.15, -0.1) is 13.2 Å². The number of nitrogens with one attached hydrogen (secondary N) is 2. The molecule has 0 spiro atoms. The molecule has 2 aromatic rings. The van der Waals surface area contributed by atoms with Crippen LogP contribution in [-0.2, 0) is 0 Å². The summed E-state index contributed by atoms with van der Waals surface area (Å²) in [7, 11) is 0. The lowest BCUT2D eigenvalue weighted by Crippen LogP contribution is -2.39. The fourth-order valence-electron chi connectivity index (χ4n) is 3.48. The highest BCUT2D eigenvalue weighted by Gasteiger charge is 2.44. The number of benzene rings is 2. The van der Waals surface area contributed by atoms with Crippen LogP contribution >= 0.6 is 11.8 Å². The van der Waals surface area contributed by atoms with Gasteiger partial charge in [-0.3, -0.25) is 4.79 Å². The van der Waals surface area contributed by atoms with E-state index in [0.29, 0.717) is 22.4 Å². The van der Waals surface area contributed by atoms with Gasteiger partial charge in [-0.1, -0.05) is 18.2 Å². The van der Waals surface area contributed by atoms with Gasteiger partial charge >= 0.3 is 6.36 Å². The molecule has 0 aromatic heterocycles. The average molecular weight is 455 g/mol. The SMILES string of the molecule is CSCC1(NC(=O)c2c(C)cccc2C(O)Nc2ccc(OC(F)(F)F)cc2C)CC1. The van der Waals surface area contributed by atoms with E-state index in [1.807, 2.05) is 6.26 Å². The molecule has 2 aromatic carbocycles. The molecular weight excluding hydrogens is 429 g/mol. The minimum atomic E-state index is -4.78. The van der Waals surface area contributed by atoms with E-state index in [-0.39, 0.29) is 17.2 Å². The summed E-state index contributed by atoms with van der Waals surface area (Å²) in [5.41, 5.74) is 2.20. The molecule has 0 heterocycles. The fourth-order valence-corrected chi connectivity index (χ4v) is 4.40. The molecule has 0 radical (unpaired) electrons. The third-order valence-electron chi connectivity index (χ3n) is 5.20. The van der Waals surface area contributed by atoms with Crippen LogP contribution in [0.15, 0.2) is 36.4 Å². The fraction of sp³-hybridized carbons (Fsp3) is 0.409. The molecule has 168 valence electrons. The highest BCUT2D eigenvalue weighted by atomic mass is 32.2. The summed E-state index contributed by atoms with van der Waals surface area (Å²) in [5, 5.41) is 16.8. The van der Waals surface area contributed by atoms with Crippen LogP contribution in [0, 0.1) is 13.8 Å². The van der Waals surface area contributed by atoms with Crippen LogP contribution in [0.1, 0.15) is 46.1 Å². The molecule has 0 bridgehead atoms. The number of aliphatic hydroxyl groups is 1. The molecule has 1 atom stereocenters. The number of amides is 1. The number of aliphatic hydroxyl groups excluding tert-OH is 1. The third kappa shape index (κ3) is 5.86. The smallest absolute Gasteiger partial charge is 0.406 e. The minimum absolute atomic E-state index is 0.195. The summed E-state index contributed by atoms with van der Waals surface area (Å²) in [6.07, 6.45) is -2.17. The van der Waals surface area contributed by atoms with Gasteiger partial charge in [-0.2, -0.15) is 11.8 Å². The van der Waals surface area contributed by atoms with Crippen LogP contribution in [0.4, 0.5) is 18.9 Å². The highest BCUT2D eigenvalue weighted by Crippen LogP contribution is 2.38. The Morgan fingerprint density at radius 2 is 1.94 bits per heavy atom. The number of ether oxygens (including phenoxy) is 1. The van der Waals surface area contributed by atoms with Crippen molar-refractivity contribution in [1.82, 2.24) is 5.32 Å². The summed E-state index contributed by atoms with van der Waals surface area (Å²) in [4.78, 5) is 13.0. The topological polar surface area (TPSA) is 70.6 Å². The van der Waals surface area contributed by atoms with E-state index in [1.165, 1.54) is 18.2 Å². The van der Waals surface area contributed by atoms with Gasteiger partial charge in [0.25, 0.3) is 5.91 Å². The average Bonchev–Trinajstić information content (AvgIpc) is 3.41. The van der Waals surface area contributed by atoms with Crippen molar-refractivity contribution in [2.45, 2.75) is 44.8 Å². The molecule has 0 aliphatic heterocycles. The first-order chi connectivity index (χ1) is 14.5. The zero-order chi connectivity index (χ0) is 22.8. The van der Waals surface area contributed by atoms with Crippen molar-refractivity contribution in [3.8, 4) is 5.75 Å². The normalized spacial score (nSPS) is 15.8. The Morgan fingerprint density at radius 3 is 2.52 bits per heavy atom. The van der Waals surface area contributed by atoms with Crippen LogP contribution in [0.3, 0.4) is 0 Å². The van der Waals surface area contributed by atoms with E-state index in [4.69, 9.17) is 0 Å². The number of hydrogen-bond acceptors (Lipinski definition) is 5. The largest absolute Gasteiger partial charge is 0.573 e. The summed E-state index contributed by atoms with van der Waals surface area (Å²) < 4.78 is 41.2. The van der Waals surface area contributed by atoms with Gasteiger partial charge in [0, 0.05) is 28.1 Å². The monoisotopic (exact) mass is 454 g/mol. The quantitative estimate of drug-likeness (QED) is 0.494. The maximum Gasteiger partial charge on any atom is 0.573 e. The zero-order valence-electron chi connectivity index (χ0n) is 17.5. The number of carbonyl (C=O) groups is 1. The Balaban J connectivity index is 1.80. The van der Waals surface area contributed by atoms with E-state index in [9.17, 15) is 23.1 Å². The first-order valence-corrected chi connectivity index (χ1v) is 11.1. The first-order valence-electron chi connectivity index (χ1n) is 9.75. The maximum atomic E-state index is 13.0. The number of alkyl halides is 3. The van der Waals surface area contributed by atoms with E-state index >= 15 is 0 Å². The lowest BCUT2D eigenvalue weighted by molar-refractivity contribution is -0.274. The number of halogens is 3. The molecule has 0 saturated heterocycles. The second kappa shape index (κ2) is 9.00.